The second-order valence-electron chi connectivity index (χ2n) is 11.2. The molecule has 2 unspecified atom stereocenters. The number of pyridine rings is 1. The Balaban J connectivity index is 1.63. The first-order valence-corrected chi connectivity index (χ1v) is 14.0. The lowest BCUT2D eigenvalue weighted by Gasteiger charge is -2.30. The van der Waals surface area contributed by atoms with Crippen LogP contribution in [0.3, 0.4) is 0 Å². The van der Waals surface area contributed by atoms with Crippen LogP contribution >= 0.6 is 0 Å². The van der Waals surface area contributed by atoms with E-state index in [-0.39, 0.29) is 32.0 Å². The summed E-state index contributed by atoms with van der Waals surface area (Å²) in [6.07, 6.45) is -0.216. The van der Waals surface area contributed by atoms with E-state index >= 15 is 0 Å². The maximum Gasteiger partial charge on any atom is 0.407 e. The molecule has 12 nitrogen and oxygen atoms in total. The lowest BCUT2D eigenvalue weighted by molar-refractivity contribution is -0.144. The van der Waals surface area contributed by atoms with Crippen LogP contribution in [-0.2, 0) is 31.1 Å². The first kappa shape index (κ1) is 32.3. The molecule has 2 heterocycles. The minimum atomic E-state index is -1.27. The quantitative estimate of drug-likeness (QED) is 0.219. The van der Waals surface area contributed by atoms with Crippen molar-refractivity contribution in [1.29, 1.82) is 0 Å². The van der Waals surface area contributed by atoms with Crippen molar-refractivity contribution >= 4 is 23.8 Å². The van der Waals surface area contributed by atoms with Gasteiger partial charge in [0, 0.05) is 24.5 Å². The van der Waals surface area contributed by atoms with Gasteiger partial charge in [-0.1, -0.05) is 12.1 Å². The fraction of sp³-hybridized carbons (Fsp3) is 0.500. The molecule has 0 radical (unpaired) electrons. The zero-order valence-corrected chi connectivity index (χ0v) is 25.1. The molecule has 1 saturated heterocycles. The average Bonchev–Trinajstić information content (AvgIpc) is 3.23. The number of hydroxylamine groups is 1. The summed E-state index contributed by atoms with van der Waals surface area (Å²) in [5.74, 6) is -0.850. The van der Waals surface area contributed by atoms with Gasteiger partial charge in [-0.05, 0) is 89.8 Å². The van der Waals surface area contributed by atoms with E-state index in [0.29, 0.717) is 18.8 Å². The van der Waals surface area contributed by atoms with Crippen LogP contribution in [0.25, 0.3) is 0 Å². The number of nitrogens with one attached hydrogen (secondary N) is 3. The molecule has 4 N–H and O–H groups in total. The van der Waals surface area contributed by atoms with Gasteiger partial charge >= 0.3 is 6.09 Å². The van der Waals surface area contributed by atoms with Crippen molar-refractivity contribution in [2.75, 3.05) is 19.7 Å². The number of carbonyl (C=O) groups excluding carboxylic acids is 4. The number of alkyl carbamates (subject to hydrolysis) is 1. The SMILES string of the molecule is CCOC(=O)NC(C)(C)C(=O)NCCC(C(=O)NO)N1CCC(C)(c2ccc(OCc3cc(C)nc(C)c3)cc2)C1=O. The first-order valence-electron chi connectivity index (χ1n) is 14.0. The monoisotopic (exact) mass is 583 g/mol. The zero-order chi connectivity index (χ0) is 31.1. The maximum atomic E-state index is 13.7. The number of aryl methyl sites for hydroxylation is 2. The van der Waals surface area contributed by atoms with Gasteiger partial charge in [-0.15, -0.1) is 0 Å². The second-order valence-corrected chi connectivity index (χ2v) is 11.2. The summed E-state index contributed by atoms with van der Waals surface area (Å²) in [5.41, 5.74) is 3.12. The van der Waals surface area contributed by atoms with E-state index in [1.54, 1.807) is 12.4 Å². The van der Waals surface area contributed by atoms with Crippen LogP contribution in [0.5, 0.6) is 5.75 Å². The molecule has 2 aromatic rings. The lowest BCUT2D eigenvalue weighted by Crippen LogP contribution is -2.56. The molecule has 1 fully saturated rings. The third-order valence-corrected chi connectivity index (χ3v) is 7.37. The van der Waals surface area contributed by atoms with Crippen LogP contribution in [0.4, 0.5) is 4.79 Å². The van der Waals surface area contributed by atoms with Gasteiger partial charge in [0.2, 0.25) is 11.8 Å². The summed E-state index contributed by atoms with van der Waals surface area (Å²) in [4.78, 5) is 56.5. The van der Waals surface area contributed by atoms with E-state index in [9.17, 15) is 24.4 Å². The third-order valence-electron chi connectivity index (χ3n) is 7.37. The number of hydrogen-bond acceptors (Lipinski definition) is 8. The van der Waals surface area contributed by atoms with Crippen molar-refractivity contribution in [3.05, 3.63) is 58.9 Å². The Labute approximate surface area is 246 Å². The predicted octanol–water partition coefficient (Wildman–Crippen LogP) is 2.67. The minimum absolute atomic E-state index is 0.0217. The Bertz CT molecular complexity index is 1280. The van der Waals surface area contributed by atoms with E-state index in [4.69, 9.17) is 9.47 Å². The number of aromatic nitrogens is 1. The van der Waals surface area contributed by atoms with Crippen LogP contribution in [0.2, 0.25) is 0 Å². The smallest absolute Gasteiger partial charge is 0.407 e. The normalized spacial score (nSPS) is 17.4. The first-order chi connectivity index (χ1) is 19.8. The molecular formula is C30H41N5O7. The van der Waals surface area contributed by atoms with Crippen molar-refractivity contribution in [3.8, 4) is 5.75 Å². The van der Waals surface area contributed by atoms with Gasteiger partial charge in [-0.3, -0.25) is 24.6 Å². The van der Waals surface area contributed by atoms with Crippen molar-refractivity contribution in [2.45, 2.75) is 78.0 Å². The van der Waals surface area contributed by atoms with Gasteiger partial charge in [-0.25, -0.2) is 10.3 Å². The molecule has 4 amide bonds. The number of amides is 4. The molecule has 1 aliphatic rings. The van der Waals surface area contributed by atoms with Crippen LogP contribution in [0, 0.1) is 13.8 Å². The number of nitrogens with zero attached hydrogens (tertiary/aromatic N) is 2. The number of likely N-dealkylation sites (tertiary alicyclic amines) is 1. The zero-order valence-electron chi connectivity index (χ0n) is 25.1. The summed E-state index contributed by atoms with van der Waals surface area (Å²) in [6, 6.07) is 10.3. The largest absolute Gasteiger partial charge is 0.489 e. The summed E-state index contributed by atoms with van der Waals surface area (Å²) in [7, 11) is 0. The van der Waals surface area contributed by atoms with Crippen molar-refractivity contribution in [2.24, 2.45) is 0 Å². The highest BCUT2D eigenvalue weighted by molar-refractivity contribution is 5.94. The van der Waals surface area contributed by atoms with Crippen molar-refractivity contribution in [1.82, 2.24) is 26.0 Å². The molecule has 0 aliphatic carbocycles. The molecule has 0 spiro atoms. The average molecular weight is 584 g/mol. The number of ether oxygens (including phenoxy) is 2. The lowest BCUT2D eigenvalue weighted by atomic mass is 9.81. The molecule has 2 atom stereocenters. The van der Waals surface area contributed by atoms with Gasteiger partial charge in [-0.2, -0.15) is 0 Å². The fourth-order valence-electron chi connectivity index (χ4n) is 5.05. The summed E-state index contributed by atoms with van der Waals surface area (Å²) in [5, 5.41) is 14.5. The molecule has 1 aromatic carbocycles. The summed E-state index contributed by atoms with van der Waals surface area (Å²) < 4.78 is 10.8. The van der Waals surface area contributed by atoms with E-state index in [1.807, 2.05) is 57.2 Å². The number of benzene rings is 1. The van der Waals surface area contributed by atoms with E-state index in [2.05, 4.69) is 15.6 Å². The van der Waals surface area contributed by atoms with Gasteiger partial charge in [0.15, 0.2) is 0 Å². The Morgan fingerprint density at radius 1 is 1.14 bits per heavy atom. The van der Waals surface area contributed by atoms with Gasteiger partial charge in [0.05, 0.1) is 12.0 Å². The Kier molecular flexibility index (Phi) is 10.5. The van der Waals surface area contributed by atoms with Crippen molar-refractivity contribution < 1.29 is 33.9 Å². The van der Waals surface area contributed by atoms with E-state index < -0.39 is 34.9 Å². The molecular weight excluding hydrogens is 542 g/mol. The highest BCUT2D eigenvalue weighted by Crippen LogP contribution is 2.37. The van der Waals surface area contributed by atoms with Gasteiger partial charge in [0.1, 0.15) is 23.9 Å². The molecule has 228 valence electrons. The third kappa shape index (κ3) is 7.75. The van der Waals surface area contributed by atoms with Gasteiger partial charge < -0.3 is 25.0 Å². The Morgan fingerprint density at radius 3 is 2.38 bits per heavy atom. The van der Waals surface area contributed by atoms with Crippen LogP contribution in [0.1, 0.15) is 63.1 Å². The highest BCUT2D eigenvalue weighted by atomic mass is 16.5. The highest BCUT2D eigenvalue weighted by Gasteiger charge is 2.47. The van der Waals surface area contributed by atoms with E-state index in [1.165, 1.54) is 18.7 Å². The molecule has 0 saturated carbocycles. The van der Waals surface area contributed by atoms with Crippen LogP contribution < -0.4 is 20.9 Å². The molecule has 1 aromatic heterocycles. The fourth-order valence-corrected chi connectivity index (χ4v) is 5.05. The maximum absolute atomic E-state index is 13.7. The van der Waals surface area contributed by atoms with Crippen LogP contribution in [-0.4, -0.2) is 70.2 Å². The number of hydrogen-bond donors (Lipinski definition) is 4. The molecule has 1 aliphatic heterocycles. The Hall–Kier alpha value is -4.19. The molecule has 42 heavy (non-hydrogen) atoms. The minimum Gasteiger partial charge on any atom is -0.489 e. The van der Waals surface area contributed by atoms with Gasteiger partial charge in [0.25, 0.3) is 5.91 Å². The Morgan fingerprint density at radius 2 is 1.79 bits per heavy atom. The standard InChI is InChI=1S/C30H41N5O7/c1-7-41-28(39)33-29(4,5)26(37)31-14-12-24(25(36)34-40)35-15-13-30(6,27(35)38)22-8-10-23(11-9-22)42-18-21-16-19(2)32-20(3)17-21/h8-11,16-17,24,40H,7,12-15,18H2,1-6H3,(H,31,37)(H,33,39)(H,34,36). The summed E-state index contributed by atoms with van der Waals surface area (Å²) >= 11 is 0. The van der Waals surface area contributed by atoms with E-state index in [0.717, 1.165) is 22.5 Å². The van der Waals surface area contributed by atoms with Crippen LogP contribution in [0.15, 0.2) is 36.4 Å². The summed E-state index contributed by atoms with van der Waals surface area (Å²) in [6.45, 7) is 11.2. The van der Waals surface area contributed by atoms with Crippen molar-refractivity contribution in [3.63, 3.8) is 0 Å². The molecule has 3 rings (SSSR count). The number of carbonyl (C=O) groups is 4. The number of rotatable bonds is 12. The topological polar surface area (TPSA) is 159 Å². The predicted molar refractivity (Wildman–Crippen MR) is 154 cm³/mol. The molecule has 12 heteroatoms. The molecule has 0 bridgehead atoms. The second kappa shape index (κ2) is 13.6.